The first-order valence-corrected chi connectivity index (χ1v) is 0.548. The topological polar surface area (TPSA) is 66.2 Å². The van der Waals surface area contributed by atoms with E-state index in [2.05, 4.69) is 0 Å². The van der Waals surface area contributed by atoms with Crippen molar-refractivity contribution in [3.8, 4) is 0 Å². The van der Waals surface area contributed by atoms with Gasteiger partial charge in [-0.2, -0.15) is 0 Å². The molecule has 0 amide bonds. The molecule has 0 atom stereocenters. The van der Waals surface area contributed by atoms with Gasteiger partial charge in [0, 0.05) is 0 Å². The summed E-state index contributed by atoms with van der Waals surface area (Å²) >= 11 is 0. The van der Waals surface area contributed by atoms with Gasteiger partial charge in [-0.05, 0) is 0 Å². The van der Waals surface area contributed by atoms with Crippen LogP contribution >= 0.6 is 0 Å². The molecule has 0 aromatic carbocycles. The third-order valence-electron chi connectivity index (χ3n) is 0. The van der Waals surface area contributed by atoms with Crippen molar-refractivity contribution in [1.29, 1.82) is 0 Å². The fourth-order valence-corrected chi connectivity index (χ4v) is 0. The minimum atomic E-state index is -1.75. The molecule has 0 radical (unpaired) electrons. The van der Waals surface area contributed by atoms with Crippen LogP contribution in [0.25, 0.3) is 0 Å². The number of hydrogen-bond acceptors (Lipinski definition) is 3. The fourth-order valence-electron chi connectivity index (χ4n) is 0. The molecule has 5 heavy (non-hydrogen) atoms. The van der Waals surface area contributed by atoms with E-state index in [0.29, 0.717) is 0 Å². The van der Waals surface area contributed by atoms with Crippen LogP contribution in [0.15, 0.2) is 0 Å². The second-order valence-corrected chi connectivity index (χ2v) is 0.224. The molecule has 0 spiro atoms. The third kappa shape index (κ3) is 4160. The molecule has 5 heteroatoms. The summed E-state index contributed by atoms with van der Waals surface area (Å²) in [4.78, 5) is 8.25. The van der Waals surface area contributed by atoms with E-state index in [0.717, 1.165) is 0 Å². The van der Waals surface area contributed by atoms with Gasteiger partial charge >= 0.3 is 22.4 Å². The van der Waals surface area contributed by atoms with Crippen molar-refractivity contribution in [1.82, 2.24) is 0 Å². The Kier molecular flexibility index (Phi) is 6.99. The maximum Gasteiger partial charge on any atom is 3.00 e. The van der Waals surface area contributed by atoms with Gasteiger partial charge in [0.2, 0.25) is 0 Å². The van der Waals surface area contributed by atoms with Crippen molar-refractivity contribution in [3.63, 3.8) is 0 Å². The second kappa shape index (κ2) is 3.94. The van der Waals surface area contributed by atoms with Crippen molar-refractivity contribution >= 4 is 0 Å². The Morgan fingerprint density at radius 3 is 1.40 bits per heavy atom. The molecule has 0 aliphatic rings. The van der Waals surface area contributed by atoms with E-state index in [4.69, 9.17) is 15.3 Å². The Hall–Kier alpha value is -0.0597. The van der Waals surface area contributed by atoms with Gasteiger partial charge in [-0.1, -0.05) is 0 Å². The number of nitrogens with zero attached hydrogens (tertiary/aromatic N) is 1. The molecule has 32 valence electrons. The summed E-state index contributed by atoms with van der Waals surface area (Å²) in [5, 5.41) is 14.8. The third-order valence-corrected chi connectivity index (χ3v) is 0. The monoisotopic (exact) mass is 259 g/mol. The molecule has 0 aromatic rings. The molecule has 4 nitrogen and oxygen atoms in total. The van der Waals surface area contributed by atoms with Gasteiger partial charge in [0.15, 0.2) is 0 Å². The Balaban J connectivity index is 0. The predicted molar refractivity (Wildman–Crippen MR) is 10.4 cm³/mol. The molecule has 0 N–H and O–H groups in total. The molecule has 0 rings (SSSR count). The maximum atomic E-state index is 8.25. The summed E-state index contributed by atoms with van der Waals surface area (Å²) in [6.45, 7) is 0. The first-order valence-electron chi connectivity index (χ1n) is 0.548. The largest absolute Gasteiger partial charge is 3.00 e. The van der Waals surface area contributed by atoms with E-state index in [1.807, 2.05) is 0 Å². The van der Waals surface area contributed by atoms with Gasteiger partial charge in [0.05, 0.1) is 5.09 Å². The van der Waals surface area contributed by atoms with E-state index >= 15 is 0 Å². The number of hydrogen-bond donors (Lipinski definition) is 0. The van der Waals surface area contributed by atoms with Crippen molar-refractivity contribution in [2.75, 3.05) is 0 Å². The van der Waals surface area contributed by atoms with Gasteiger partial charge in [-0.15, -0.1) is 0 Å². The average Bonchev–Trinajstić information content (AvgIpc) is 0.811. The van der Waals surface area contributed by atoms with E-state index in [9.17, 15) is 0 Å². The molecule has 0 bridgehead atoms. The van der Waals surface area contributed by atoms with Crippen LogP contribution in [-0.4, -0.2) is 5.09 Å². The van der Waals surface area contributed by atoms with E-state index < -0.39 is 5.09 Å². The Morgan fingerprint density at radius 1 is 1.40 bits per heavy atom. The van der Waals surface area contributed by atoms with Crippen molar-refractivity contribution in [3.05, 3.63) is 15.3 Å². The number of rotatable bonds is 0. The van der Waals surface area contributed by atoms with E-state index in [-0.39, 0.29) is 22.4 Å². The molecule has 0 aliphatic carbocycles. The molecule has 0 aromatic heterocycles. The summed E-state index contributed by atoms with van der Waals surface area (Å²) in [5.74, 6) is 0. The molecular weight excluding hydrogens is 259 g/mol. The van der Waals surface area contributed by atoms with Crippen molar-refractivity contribution in [2.45, 2.75) is 0 Å². The molecule has 0 unspecified atom stereocenters. The maximum absolute atomic E-state index is 8.25. The summed E-state index contributed by atoms with van der Waals surface area (Å²) in [6.07, 6.45) is 0. The summed E-state index contributed by atoms with van der Waals surface area (Å²) < 4.78 is 0. The van der Waals surface area contributed by atoms with Crippen molar-refractivity contribution in [2.24, 2.45) is 0 Å². The second-order valence-electron chi connectivity index (χ2n) is 0.224. The quantitative estimate of drug-likeness (QED) is 0.342. The van der Waals surface area contributed by atoms with Crippen LogP contribution in [0.2, 0.25) is 0 Å². The standard InChI is InChI=1S/Au.NO3/c;2-1(3)4/q+3;-1. The van der Waals surface area contributed by atoms with Crippen LogP contribution in [0.5, 0.6) is 0 Å². The van der Waals surface area contributed by atoms with E-state index in [1.54, 1.807) is 0 Å². The van der Waals surface area contributed by atoms with Crippen LogP contribution in [-0.2, 0) is 22.4 Å². The van der Waals surface area contributed by atoms with Crippen LogP contribution in [0, 0.1) is 15.3 Å². The molecule has 0 aliphatic heterocycles. The zero-order chi connectivity index (χ0) is 3.58. The van der Waals surface area contributed by atoms with Crippen LogP contribution in [0.3, 0.4) is 0 Å². The average molecular weight is 259 g/mol. The Labute approximate surface area is 43.4 Å². The fraction of sp³-hybridized carbons (Fsp3) is 0. The van der Waals surface area contributed by atoms with Crippen LogP contribution in [0.1, 0.15) is 0 Å². The smallest absolute Gasteiger partial charge is 0.356 e. The van der Waals surface area contributed by atoms with Crippen LogP contribution < -0.4 is 0 Å². The first kappa shape index (κ1) is 8.87. The summed E-state index contributed by atoms with van der Waals surface area (Å²) in [6, 6.07) is 0. The zero-order valence-electron chi connectivity index (χ0n) is 1.97. The van der Waals surface area contributed by atoms with Gasteiger partial charge in [0.25, 0.3) is 0 Å². The minimum Gasteiger partial charge on any atom is -0.356 e. The summed E-state index contributed by atoms with van der Waals surface area (Å²) in [7, 11) is 0. The van der Waals surface area contributed by atoms with Crippen LogP contribution in [0.4, 0.5) is 0 Å². The van der Waals surface area contributed by atoms with Crippen molar-refractivity contribution < 1.29 is 27.5 Å². The molecule has 0 heterocycles. The molecule has 0 saturated heterocycles. The molecule has 0 saturated carbocycles. The minimum absolute atomic E-state index is 0. The normalized spacial score (nSPS) is 4.80. The zero-order valence-corrected chi connectivity index (χ0v) is 4.14. The van der Waals surface area contributed by atoms with Gasteiger partial charge in [-0.25, -0.2) is 0 Å². The SMILES string of the molecule is O=[N+]([O-])[O-].[Au+3]. The van der Waals surface area contributed by atoms with E-state index in [1.165, 1.54) is 0 Å². The van der Waals surface area contributed by atoms with Gasteiger partial charge in [-0.3, -0.25) is 0 Å². The Bertz CT molecular complexity index is 29.9. The molecule has 0 fully saturated rings. The van der Waals surface area contributed by atoms with Gasteiger partial charge < -0.3 is 15.3 Å². The molecular formula is AuNO3+2. The Morgan fingerprint density at radius 2 is 1.40 bits per heavy atom. The summed E-state index contributed by atoms with van der Waals surface area (Å²) in [5.41, 5.74) is 0. The first-order chi connectivity index (χ1) is 1.73. The predicted octanol–water partition coefficient (Wildman–Crippen LogP) is -0.242. The van der Waals surface area contributed by atoms with Gasteiger partial charge in [0.1, 0.15) is 0 Å².